The Morgan fingerprint density at radius 2 is 1.39 bits per heavy atom. The molecule has 2 heterocycles. The summed E-state index contributed by atoms with van der Waals surface area (Å²) in [4.78, 5) is 5.05. The predicted molar refractivity (Wildman–Crippen MR) is 155 cm³/mol. The Bertz CT molecular complexity index is 1280. The first-order chi connectivity index (χ1) is 18.7. The number of aliphatic hydroxyl groups is 1. The predicted octanol–water partition coefficient (Wildman–Crippen LogP) is 6.17. The highest BCUT2D eigenvalue weighted by Crippen LogP contribution is 2.38. The van der Waals surface area contributed by atoms with Crippen molar-refractivity contribution < 1.29 is 10.2 Å². The summed E-state index contributed by atoms with van der Waals surface area (Å²) in [5.41, 5.74) is 3.97. The van der Waals surface area contributed by atoms with Crippen LogP contribution in [0.2, 0.25) is 0 Å². The number of rotatable bonds is 7. The molecule has 0 amide bonds. The number of fused-ring (bicyclic) bond motifs is 1. The van der Waals surface area contributed by atoms with Crippen LogP contribution in [0, 0.1) is 0 Å². The number of hydrogen-bond donors (Lipinski definition) is 2. The molecule has 38 heavy (non-hydrogen) atoms. The molecule has 1 saturated heterocycles. The van der Waals surface area contributed by atoms with E-state index in [1.54, 1.807) is 0 Å². The fourth-order valence-electron chi connectivity index (χ4n) is 6.45. The summed E-state index contributed by atoms with van der Waals surface area (Å²) in [7, 11) is 0. The number of piperazine rings is 1. The van der Waals surface area contributed by atoms with Crippen molar-refractivity contribution in [3.05, 3.63) is 96.2 Å². The van der Waals surface area contributed by atoms with Crippen molar-refractivity contribution in [2.45, 2.75) is 50.2 Å². The van der Waals surface area contributed by atoms with Gasteiger partial charge in [-0.25, -0.2) is 0 Å². The molecule has 2 N–H and O–H groups in total. The Morgan fingerprint density at radius 1 is 0.763 bits per heavy atom. The fourth-order valence-corrected chi connectivity index (χ4v) is 6.45. The van der Waals surface area contributed by atoms with Gasteiger partial charge in [0.15, 0.2) is 5.88 Å². The van der Waals surface area contributed by atoms with Crippen molar-refractivity contribution in [1.82, 2.24) is 9.47 Å². The molecular formula is C33H39N3O2. The van der Waals surface area contributed by atoms with Crippen LogP contribution in [-0.4, -0.2) is 58.5 Å². The second kappa shape index (κ2) is 11.2. The topological polar surface area (TPSA) is 51.9 Å². The average molecular weight is 510 g/mol. The minimum Gasteiger partial charge on any atom is -0.494 e. The minimum absolute atomic E-state index is 0.189. The van der Waals surface area contributed by atoms with Crippen LogP contribution < -0.4 is 4.90 Å². The average Bonchev–Trinajstić information content (AvgIpc) is 3.30. The summed E-state index contributed by atoms with van der Waals surface area (Å²) in [6.45, 7) is 5.17. The van der Waals surface area contributed by atoms with Crippen LogP contribution in [0.5, 0.6) is 5.88 Å². The molecule has 0 spiro atoms. The first-order valence-corrected chi connectivity index (χ1v) is 14.2. The van der Waals surface area contributed by atoms with E-state index in [1.165, 1.54) is 16.8 Å². The van der Waals surface area contributed by atoms with Crippen LogP contribution in [0.15, 0.2) is 85.1 Å². The van der Waals surface area contributed by atoms with Gasteiger partial charge in [-0.2, -0.15) is 0 Å². The van der Waals surface area contributed by atoms with Gasteiger partial charge in [0.1, 0.15) is 0 Å². The van der Waals surface area contributed by atoms with Gasteiger partial charge in [-0.3, -0.25) is 4.90 Å². The molecule has 198 valence electrons. The lowest BCUT2D eigenvalue weighted by Crippen LogP contribution is -2.46. The molecule has 1 aliphatic carbocycles. The Balaban J connectivity index is 1.09. The van der Waals surface area contributed by atoms with E-state index in [1.807, 2.05) is 4.57 Å². The van der Waals surface area contributed by atoms with Crippen LogP contribution in [0.1, 0.15) is 55.2 Å². The van der Waals surface area contributed by atoms with Crippen molar-refractivity contribution in [3.63, 3.8) is 0 Å². The van der Waals surface area contributed by atoms with Crippen molar-refractivity contribution in [1.29, 1.82) is 0 Å². The molecule has 3 aromatic carbocycles. The van der Waals surface area contributed by atoms with Crippen molar-refractivity contribution in [3.8, 4) is 5.88 Å². The zero-order valence-corrected chi connectivity index (χ0v) is 22.1. The van der Waals surface area contributed by atoms with Crippen molar-refractivity contribution in [2.24, 2.45) is 0 Å². The third kappa shape index (κ3) is 5.31. The molecule has 0 atom stereocenters. The Labute approximate surface area is 225 Å². The number of anilines is 1. The van der Waals surface area contributed by atoms with Crippen LogP contribution >= 0.6 is 0 Å². The second-order valence-electron chi connectivity index (χ2n) is 11.1. The number of aromatic hydroxyl groups is 1. The van der Waals surface area contributed by atoms with Gasteiger partial charge in [-0.05, 0) is 61.9 Å². The maximum atomic E-state index is 11.1. The minimum atomic E-state index is -0.189. The SMILES string of the molecule is Oc1c2cc(N3CCN(CCC(c4ccccc4)c4ccccc4)CC3)ccc2cn1C1CCC(O)CC1. The molecule has 5 nitrogen and oxygen atoms in total. The number of nitrogens with zero attached hydrogens (tertiary/aromatic N) is 3. The van der Waals surface area contributed by atoms with E-state index in [-0.39, 0.29) is 12.1 Å². The normalized spacial score (nSPS) is 20.8. The molecular weight excluding hydrogens is 470 g/mol. The molecule has 2 fully saturated rings. The summed E-state index contributed by atoms with van der Waals surface area (Å²) in [6.07, 6.45) is 6.47. The largest absolute Gasteiger partial charge is 0.494 e. The molecule has 2 aliphatic rings. The molecule has 4 aromatic rings. The summed E-state index contributed by atoms with van der Waals surface area (Å²) >= 11 is 0. The zero-order valence-electron chi connectivity index (χ0n) is 22.1. The zero-order chi connectivity index (χ0) is 25.9. The third-order valence-electron chi connectivity index (χ3n) is 8.74. The first kappa shape index (κ1) is 25.0. The van der Waals surface area contributed by atoms with Gasteiger partial charge in [0.2, 0.25) is 0 Å². The van der Waals surface area contributed by atoms with E-state index in [4.69, 9.17) is 0 Å². The van der Waals surface area contributed by atoms with E-state index < -0.39 is 0 Å². The van der Waals surface area contributed by atoms with E-state index in [9.17, 15) is 10.2 Å². The van der Waals surface area contributed by atoms with Gasteiger partial charge in [-0.1, -0.05) is 66.7 Å². The summed E-state index contributed by atoms with van der Waals surface area (Å²) in [6, 6.07) is 28.6. The number of aliphatic hydroxyl groups excluding tert-OH is 1. The molecule has 6 rings (SSSR count). The summed E-state index contributed by atoms with van der Waals surface area (Å²) in [5, 5.41) is 22.9. The molecule has 0 radical (unpaired) electrons. The number of aromatic nitrogens is 1. The number of benzene rings is 3. The summed E-state index contributed by atoms with van der Waals surface area (Å²) in [5.74, 6) is 0.784. The molecule has 1 saturated carbocycles. The van der Waals surface area contributed by atoms with Crippen LogP contribution in [0.3, 0.4) is 0 Å². The standard InChI is InChI=1S/C33H39N3O2/c37-30-15-13-28(14-16-30)36-24-27-11-12-29(23-32(27)33(36)38)35-21-19-34(20-22-35)18-17-31(25-7-3-1-4-8-25)26-9-5-2-6-10-26/h1-12,23-24,28,30-31,37-38H,13-22H2. The van der Waals surface area contributed by atoms with E-state index in [0.717, 1.165) is 75.6 Å². The van der Waals surface area contributed by atoms with Gasteiger partial charge in [0.05, 0.1) is 6.10 Å². The van der Waals surface area contributed by atoms with Gasteiger partial charge < -0.3 is 19.7 Å². The summed E-state index contributed by atoms with van der Waals surface area (Å²) < 4.78 is 2.04. The molecule has 0 bridgehead atoms. The highest BCUT2D eigenvalue weighted by molar-refractivity contribution is 5.91. The van der Waals surface area contributed by atoms with Gasteiger partial charge in [0, 0.05) is 60.8 Å². The first-order valence-electron chi connectivity index (χ1n) is 14.2. The maximum absolute atomic E-state index is 11.1. The number of hydrogen-bond acceptors (Lipinski definition) is 4. The second-order valence-corrected chi connectivity index (χ2v) is 11.1. The molecule has 0 unspecified atom stereocenters. The molecule has 1 aliphatic heterocycles. The van der Waals surface area contributed by atoms with Gasteiger partial charge in [0.25, 0.3) is 0 Å². The lowest BCUT2D eigenvalue weighted by atomic mass is 9.88. The quantitative estimate of drug-likeness (QED) is 0.313. The van der Waals surface area contributed by atoms with Crippen molar-refractivity contribution in [2.75, 3.05) is 37.6 Å². The van der Waals surface area contributed by atoms with Gasteiger partial charge in [-0.15, -0.1) is 0 Å². The van der Waals surface area contributed by atoms with Gasteiger partial charge >= 0.3 is 0 Å². The van der Waals surface area contributed by atoms with Crippen LogP contribution in [0.25, 0.3) is 10.8 Å². The highest BCUT2D eigenvalue weighted by atomic mass is 16.3. The Morgan fingerprint density at radius 3 is 2.03 bits per heavy atom. The van der Waals surface area contributed by atoms with E-state index >= 15 is 0 Å². The fraction of sp³-hybridized carbons (Fsp3) is 0.394. The Kier molecular flexibility index (Phi) is 7.39. The highest BCUT2D eigenvalue weighted by Gasteiger charge is 2.25. The third-order valence-corrected chi connectivity index (χ3v) is 8.74. The monoisotopic (exact) mass is 509 g/mol. The molecule has 5 heteroatoms. The maximum Gasteiger partial charge on any atom is 0.199 e. The molecule has 1 aromatic heterocycles. The van der Waals surface area contributed by atoms with E-state index in [0.29, 0.717) is 11.8 Å². The van der Waals surface area contributed by atoms with Crippen LogP contribution in [-0.2, 0) is 0 Å². The van der Waals surface area contributed by atoms with Crippen molar-refractivity contribution >= 4 is 16.5 Å². The smallest absolute Gasteiger partial charge is 0.199 e. The van der Waals surface area contributed by atoms with Crippen LogP contribution in [0.4, 0.5) is 5.69 Å². The van der Waals surface area contributed by atoms with E-state index in [2.05, 4.69) is 94.9 Å². The Hall–Kier alpha value is -3.28. The lowest BCUT2D eigenvalue weighted by molar-refractivity contribution is 0.109. The lowest BCUT2D eigenvalue weighted by Gasteiger charge is -2.36.